The van der Waals surface area contributed by atoms with Gasteiger partial charge in [0.05, 0.1) is 11.7 Å². The Morgan fingerprint density at radius 3 is 2.60 bits per heavy atom. The largest absolute Gasteiger partial charge is 0.370 e. The first-order valence-electron chi connectivity index (χ1n) is 11.3. The molecule has 2 aromatic rings. The SMILES string of the molecule is O=C(CCCc1ccccc1)NC[C@H]1CCC2(CCN(Cc3ccncc3)CC2)O1. The minimum Gasteiger partial charge on any atom is -0.370 e. The molecule has 1 spiro atoms. The number of amides is 1. The molecule has 0 saturated carbocycles. The Labute approximate surface area is 179 Å². The predicted molar refractivity (Wildman–Crippen MR) is 118 cm³/mol. The second kappa shape index (κ2) is 10.2. The number of hydrogen-bond acceptors (Lipinski definition) is 4. The highest BCUT2D eigenvalue weighted by Gasteiger charge is 2.42. The van der Waals surface area contributed by atoms with Crippen LogP contribution in [0.25, 0.3) is 0 Å². The number of rotatable bonds is 8. The zero-order valence-electron chi connectivity index (χ0n) is 17.8. The van der Waals surface area contributed by atoms with Crippen LogP contribution >= 0.6 is 0 Å². The number of ether oxygens (including phenoxy) is 1. The molecule has 30 heavy (non-hydrogen) atoms. The average molecular weight is 408 g/mol. The maximum atomic E-state index is 12.2. The van der Waals surface area contributed by atoms with Gasteiger partial charge in [0, 0.05) is 45.0 Å². The van der Waals surface area contributed by atoms with Crippen molar-refractivity contribution >= 4 is 5.91 Å². The number of pyridine rings is 1. The number of carbonyl (C=O) groups is 1. The van der Waals surface area contributed by atoms with Crippen LogP contribution in [0.1, 0.15) is 49.7 Å². The van der Waals surface area contributed by atoms with Crippen LogP contribution in [0.5, 0.6) is 0 Å². The molecule has 5 heteroatoms. The highest BCUT2D eigenvalue weighted by Crippen LogP contribution is 2.39. The van der Waals surface area contributed by atoms with Gasteiger partial charge in [0.15, 0.2) is 0 Å². The monoisotopic (exact) mass is 407 g/mol. The van der Waals surface area contributed by atoms with Crippen LogP contribution in [-0.4, -0.2) is 47.1 Å². The van der Waals surface area contributed by atoms with Crippen molar-refractivity contribution in [3.63, 3.8) is 0 Å². The van der Waals surface area contributed by atoms with Crippen LogP contribution in [0, 0.1) is 0 Å². The first-order valence-corrected chi connectivity index (χ1v) is 11.3. The summed E-state index contributed by atoms with van der Waals surface area (Å²) in [5.41, 5.74) is 2.64. The lowest BCUT2D eigenvalue weighted by Gasteiger charge is -2.39. The smallest absolute Gasteiger partial charge is 0.220 e. The number of likely N-dealkylation sites (tertiary alicyclic amines) is 1. The molecule has 1 aromatic carbocycles. The Bertz CT molecular complexity index is 789. The van der Waals surface area contributed by atoms with Gasteiger partial charge in [-0.1, -0.05) is 30.3 Å². The summed E-state index contributed by atoms with van der Waals surface area (Å²) in [4.78, 5) is 18.8. The van der Waals surface area contributed by atoms with E-state index >= 15 is 0 Å². The van der Waals surface area contributed by atoms with Gasteiger partial charge in [0.1, 0.15) is 0 Å². The van der Waals surface area contributed by atoms with Crippen molar-refractivity contribution in [3.8, 4) is 0 Å². The lowest BCUT2D eigenvalue weighted by atomic mass is 9.88. The van der Waals surface area contributed by atoms with Gasteiger partial charge in [-0.25, -0.2) is 0 Å². The van der Waals surface area contributed by atoms with E-state index in [-0.39, 0.29) is 17.6 Å². The first-order chi connectivity index (χ1) is 14.7. The Morgan fingerprint density at radius 2 is 1.83 bits per heavy atom. The number of carbonyl (C=O) groups excluding carboxylic acids is 1. The summed E-state index contributed by atoms with van der Waals surface area (Å²) in [6, 6.07) is 14.5. The molecule has 1 N–H and O–H groups in total. The van der Waals surface area contributed by atoms with Gasteiger partial charge in [0.25, 0.3) is 0 Å². The fourth-order valence-corrected chi connectivity index (χ4v) is 4.69. The minimum atomic E-state index is 0.0252. The van der Waals surface area contributed by atoms with E-state index in [0.29, 0.717) is 13.0 Å². The molecule has 0 aliphatic carbocycles. The molecular formula is C25H33N3O2. The quantitative estimate of drug-likeness (QED) is 0.724. The van der Waals surface area contributed by atoms with Crippen LogP contribution in [0.2, 0.25) is 0 Å². The molecule has 1 amide bonds. The first kappa shape index (κ1) is 21.0. The fourth-order valence-electron chi connectivity index (χ4n) is 4.69. The van der Waals surface area contributed by atoms with Crippen LogP contribution in [0.15, 0.2) is 54.9 Å². The van der Waals surface area contributed by atoms with E-state index in [2.05, 4.69) is 39.5 Å². The Morgan fingerprint density at radius 1 is 1.07 bits per heavy atom. The van der Waals surface area contributed by atoms with Crippen molar-refractivity contribution in [1.29, 1.82) is 0 Å². The number of aromatic nitrogens is 1. The summed E-state index contributed by atoms with van der Waals surface area (Å²) in [5.74, 6) is 0.141. The third-order valence-electron chi connectivity index (χ3n) is 6.50. The number of hydrogen-bond donors (Lipinski definition) is 1. The molecular weight excluding hydrogens is 374 g/mol. The third-order valence-corrected chi connectivity index (χ3v) is 6.50. The van der Waals surface area contributed by atoms with Gasteiger partial charge in [-0.3, -0.25) is 14.7 Å². The third kappa shape index (κ3) is 5.89. The summed E-state index contributed by atoms with van der Waals surface area (Å²) in [6.07, 6.45) is 10.6. The topological polar surface area (TPSA) is 54.5 Å². The zero-order chi connectivity index (χ0) is 20.7. The van der Waals surface area contributed by atoms with Gasteiger partial charge in [-0.2, -0.15) is 0 Å². The van der Waals surface area contributed by atoms with E-state index in [1.807, 2.05) is 30.6 Å². The lowest BCUT2D eigenvalue weighted by Crippen LogP contribution is -2.44. The van der Waals surface area contributed by atoms with Crippen LogP contribution in [-0.2, 0) is 22.5 Å². The number of aryl methyl sites for hydroxylation is 1. The molecule has 0 bridgehead atoms. The van der Waals surface area contributed by atoms with Gasteiger partial charge >= 0.3 is 0 Å². The number of nitrogens with zero attached hydrogens (tertiary/aromatic N) is 2. The van der Waals surface area contributed by atoms with Gasteiger partial charge in [-0.05, 0) is 61.8 Å². The maximum absolute atomic E-state index is 12.2. The standard InChI is InChI=1S/C25H33N3O2/c29-24(8-4-7-21-5-2-1-3-6-21)27-19-23-9-12-25(30-23)13-17-28(18-14-25)20-22-10-15-26-16-11-22/h1-3,5-6,10-11,15-16,23H,4,7-9,12-14,17-20H2,(H,27,29)/t23-/m1/s1. The Hall–Kier alpha value is -2.24. The van der Waals surface area contributed by atoms with E-state index in [4.69, 9.17) is 4.74 Å². The summed E-state index contributed by atoms with van der Waals surface area (Å²) >= 11 is 0. The summed E-state index contributed by atoms with van der Waals surface area (Å²) in [6.45, 7) is 3.77. The second-order valence-corrected chi connectivity index (χ2v) is 8.74. The number of benzene rings is 1. The van der Waals surface area contributed by atoms with Crippen molar-refractivity contribution in [2.24, 2.45) is 0 Å². The molecule has 160 valence electrons. The van der Waals surface area contributed by atoms with Gasteiger partial charge < -0.3 is 10.1 Å². The number of nitrogens with one attached hydrogen (secondary N) is 1. The molecule has 3 heterocycles. The van der Waals surface area contributed by atoms with E-state index in [0.717, 1.165) is 58.2 Å². The second-order valence-electron chi connectivity index (χ2n) is 8.74. The fraction of sp³-hybridized carbons (Fsp3) is 0.520. The zero-order valence-corrected chi connectivity index (χ0v) is 17.8. The summed E-state index contributed by atoms with van der Waals surface area (Å²) < 4.78 is 6.46. The molecule has 5 nitrogen and oxygen atoms in total. The average Bonchev–Trinajstić information content (AvgIpc) is 3.18. The summed E-state index contributed by atoms with van der Waals surface area (Å²) in [7, 11) is 0. The molecule has 4 rings (SSSR count). The molecule has 1 atom stereocenters. The maximum Gasteiger partial charge on any atom is 0.220 e. The van der Waals surface area contributed by atoms with Crippen molar-refractivity contribution < 1.29 is 9.53 Å². The summed E-state index contributed by atoms with van der Waals surface area (Å²) in [5, 5.41) is 3.09. The highest BCUT2D eigenvalue weighted by molar-refractivity contribution is 5.75. The molecule has 2 fully saturated rings. The highest BCUT2D eigenvalue weighted by atomic mass is 16.5. The molecule has 2 aliphatic rings. The van der Waals surface area contributed by atoms with Gasteiger partial charge in [0.2, 0.25) is 5.91 Å². The van der Waals surface area contributed by atoms with Crippen LogP contribution < -0.4 is 5.32 Å². The molecule has 1 aromatic heterocycles. The van der Waals surface area contributed by atoms with Crippen LogP contribution in [0.4, 0.5) is 0 Å². The minimum absolute atomic E-state index is 0.0252. The van der Waals surface area contributed by atoms with E-state index in [9.17, 15) is 4.79 Å². The molecule has 2 aliphatic heterocycles. The van der Waals surface area contributed by atoms with Crippen molar-refractivity contribution in [3.05, 3.63) is 66.0 Å². The van der Waals surface area contributed by atoms with Crippen molar-refractivity contribution in [2.45, 2.75) is 63.2 Å². The Balaban J connectivity index is 1.13. The number of piperidine rings is 1. The normalized spacial score (nSPS) is 21.0. The van der Waals surface area contributed by atoms with Gasteiger partial charge in [-0.15, -0.1) is 0 Å². The van der Waals surface area contributed by atoms with Crippen molar-refractivity contribution in [2.75, 3.05) is 19.6 Å². The van der Waals surface area contributed by atoms with E-state index in [1.54, 1.807) is 0 Å². The van der Waals surface area contributed by atoms with Crippen LogP contribution in [0.3, 0.4) is 0 Å². The lowest BCUT2D eigenvalue weighted by molar-refractivity contribution is -0.122. The molecule has 0 unspecified atom stereocenters. The van der Waals surface area contributed by atoms with E-state index in [1.165, 1.54) is 11.1 Å². The predicted octanol–water partition coefficient (Wildman–Crippen LogP) is 3.73. The molecule has 2 saturated heterocycles. The van der Waals surface area contributed by atoms with Crippen molar-refractivity contribution in [1.82, 2.24) is 15.2 Å². The Kier molecular flexibility index (Phi) is 7.13. The van der Waals surface area contributed by atoms with E-state index < -0.39 is 0 Å². The molecule has 0 radical (unpaired) electrons.